The van der Waals surface area contributed by atoms with Gasteiger partial charge >= 0.3 is 0 Å². The molecule has 0 aliphatic heterocycles. The van der Waals surface area contributed by atoms with Gasteiger partial charge in [0, 0.05) is 18.2 Å². The molecule has 2 aromatic carbocycles. The molecule has 31 heavy (non-hydrogen) atoms. The van der Waals surface area contributed by atoms with Crippen molar-refractivity contribution in [1.29, 1.82) is 0 Å². The van der Waals surface area contributed by atoms with Crippen molar-refractivity contribution < 1.29 is 19.0 Å². The number of hydrogen-bond acceptors (Lipinski definition) is 6. The molecule has 0 atom stereocenters. The van der Waals surface area contributed by atoms with Crippen LogP contribution in [-0.4, -0.2) is 29.7 Å². The van der Waals surface area contributed by atoms with Crippen LogP contribution in [0.3, 0.4) is 0 Å². The van der Waals surface area contributed by atoms with Crippen molar-refractivity contribution in [2.45, 2.75) is 6.61 Å². The summed E-state index contributed by atoms with van der Waals surface area (Å²) in [4.78, 5) is 16.8. The third kappa shape index (κ3) is 3.85. The second-order valence-electron chi connectivity index (χ2n) is 6.64. The van der Waals surface area contributed by atoms with Gasteiger partial charge in [0.1, 0.15) is 28.6 Å². The lowest BCUT2D eigenvalue weighted by molar-refractivity contribution is 0.1000. The van der Waals surface area contributed by atoms with Gasteiger partial charge in [0.15, 0.2) is 11.5 Å². The average molecular weight is 436 g/mol. The van der Waals surface area contributed by atoms with E-state index in [-0.39, 0.29) is 6.61 Å². The van der Waals surface area contributed by atoms with Gasteiger partial charge in [0.25, 0.3) is 5.91 Å². The average Bonchev–Trinajstić information content (AvgIpc) is 3.40. The van der Waals surface area contributed by atoms with Crippen LogP contribution < -0.4 is 19.9 Å². The van der Waals surface area contributed by atoms with Gasteiger partial charge in [-0.2, -0.15) is 0 Å². The van der Waals surface area contributed by atoms with Crippen molar-refractivity contribution in [3.63, 3.8) is 0 Å². The SMILES string of the molecule is C=Cc1ccccc1COc1cc(-n2cnc3cc(OC)c(OC)cc32)sc1C(N)=O. The third-order valence-corrected chi connectivity index (χ3v) is 5.99. The zero-order chi connectivity index (χ0) is 22.0. The van der Waals surface area contributed by atoms with E-state index >= 15 is 0 Å². The van der Waals surface area contributed by atoms with E-state index in [4.69, 9.17) is 19.9 Å². The normalized spacial score (nSPS) is 10.8. The van der Waals surface area contributed by atoms with Gasteiger partial charge in [0.05, 0.1) is 25.3 Å². The smallest absolute Gasteiger partial charge is 0.262 e. The quantitative estimate of drug-likeness (QED) is 0.442. The molecule has 7 nitrogen and oxygen atoms in total. The summed E-state index contributed by atoms with van der Waals surface area (Å²) in [7, 11) is 3.15. The van der Waals surface area contributed by atoms with Crippen LogP contribution in [-0.2, 0) is 6.61 Å². The largest absolute Gasteiger partial charge is 0.493 e. The molecule has 2 heterocycles. The van der Waals surface area contributed by atoms with Crippen molar-refractivity contribution >= 4 is 34.4 Å². The van der Waals surface area contributed by atoms with E-state index in [0.717, 1.165) is 27.2 Å². The molecule has 4 aromatic rings. The van der Waals surface area contributed by atoms with Gasteiger partial charge in [0.2, 0.25) is 0 Å². The molecule has 0 unspecified atom stereocenters. The van der Waals surface area contributed by atoms with Gasteiger partial charge < -0.3 is 19.9 Å². The molecule has 1 amide bonds. The molecule has 0 aliphatic carbocycles. The number of hydrogen-bond donors (Lipinski definition) is 1. The Morgan fingerprint density at radius 3 is 2.61 bits per heavy atom. The van der Waals surface area contributed by atoms with Crippen LogP contribution in [0.1, 0.15) is 20.8 Å². The summed E-state index contributed by atoms with van der Waals surface area (Å²) in [6, 6.07) is 13.2. The molecule has 0 bridgehead atoms. The first-order valence-corrected chi connectivity index (χ1v) is 10.2. The molecule has 8 heteroatoms. The fraction of sp³-hybridized carbons (Fsp3) is 0.130. The maximum Gasteiger partial charge on any atom is 0.262 e. The second-order valence-corrected chi connectivity index (χ2v) is 7.68. The lowest BCUT2D eigenvalue weighted by atomic mass is 10.1. The van der Waals surface area contributed by atoms with Gasteiger partial charge in [-0.25, -0.2) is 4.98 Å². The van der Waals surface area contributed by atoms with E-state index < -0.39 is 5.91 Å². The zero-order valence-electron chi connectivity index (χ0n) is 17.1. The summed E-state index contributed by atoms with van der Waals surface area (Å²) >= 11 is 1.24. The molecule has 0 radical (unpaired) electrons. The van der Waals surface area contributed by atoms with Crippen molar-refractivity contribution in [3.05, 3.63) is 71.4 Å². The molecular weight excluding hydrogens is 414 g/mol. The Hall–Kier alpha value is -3.78. The minimum Gasteiger partial charge on any atom is -0.493 e. The first-order valence-electron chi connectivity index (χ1n) is 9.42. The number of methoxy groups -OCH3 is 2. The molecule has 0 saturated carbocycles. The second kappa shape index (κ2) is 8.53. The zero-order valence-corrected chi connectivity index (χ0v) is 17.9. The number of thiophene rings is 1. The van der Waals surface area contributed by atoms with Crippen molar-refractivity contribution in [3.8, 4) is 22.2 Å². The highest BCUT2D eigenvalue weighted by Gasteiger charge is 2.19. The van der Waals surface area contributed by atoms with Crippen LogP contribution in [0.5, 0.6) is 17.2 Å². The van der Waals surface area contributed by atoms with E-state index in [2.05, 4.69) is 11.6 Å². The van der Waals surface area contributed by atoms with Crippen LogP contribution in [0.25, 0.3) is 22.1 Å². The topological polar surface area (TPSA) is 88.6 Å². The molecule has 2 aromatic heterocycles. The Labute approximate surface area is 183 Å². The maximum absolute atomic E-state index is 12.1. The number of imidazole rings is 1. The molecule has 0 aliphatic rings. The van der Waals surface area contributed by atoms with E-state index in [1.165, 1.54) is 11.3 Å². The number of carbonyl (C=O) groups is 1. The highest BCUT2D eigenvalue weighted by molar-refractivity contribution is 7.16. The van der Waals surface area contributed by atoms with Crippen LogP contribution in [0.4, 0.5) is 0 Å². The monoisotopic (exact) mass is 435 g/mol. The lowest BCUT2D eigenvalue weighted by Crippen LogP contribution is -2.10. The first kappa shape index (κ1) is 20.5. The van der Waals surface area contributed by atoms with Gasteiger partial charge in [-0.15, -0.1) is 11.3 Å². The van der Waals surface area contributed by atoms with Crippen LogP contribution in [0.15, 0.2) is 55.4 Å². The van der Waals surface area contributed by atoms with Crippen molar-refractivity contribution in [2.75, 3.05) is 14.2 Å². The van der Waals surface area contributed by atoms with E-state index in [9.17, 15) is 4.79 Å². The van der Waals surface area contributed by atoms with E-state index in [0.29, 0.717) is 22.1 Å². The highest BCUT2D eigenvalue weighted by atomic mass is 32.1. The summed E-state index contributed by atoms with van der Waals surface area (Å²) < 4.78 is 18.6. The standard InChI is InChI=1S/C23H21N3O4S/c1-4-14-7-5-6-8-15(14)12-30-20-11-21(31-22(20)23(24)27)26-13-25-16-9-18(28-2)19(29-3)10-17(16)26/h4-11,13H,1,12H2,2-3H3,(H2,24,27). The number of nitrogens with zero attached hydrogens (tertiary/aromatic N) is 2. The summed E-state index contributed by atoms with van der Waals surface area (Å²) in [6.07, 6.45) is 3.45. The number of aromatic nitrogens is 2. The summed E-state index contributed by atoms with van der Waals surface area (Å²) in [5.74, 6) is 1.05. The van der Waals surface area contributed by atoms with E-state index in [1.807, 2.05) is 34.9 Å². The minimum atomic E-state index is -0.549. The number of nitrogens with two attached hydrogens (primary N) is 1. The lowest BCUT2D eigenvalue weighted by Gasteiger charge is -2.08. The number of amides is 1. The van der Waals surface area contributed by atoms with Crippen molar-refractivity contribution in [1.82, 2.24) is 9.55 Å². The Bertz CT molecular complexity index is 1280. The third-order valence-electron chi connectivity index (χ3n) is 4.86. The summed E-state index contributed by atoms with van der Waals surface area (Å²) in [5, 5.41) is 0.746. The molecular formula is C23H21N3O4S. The van der Waals surface area contributed by atoms with Gasteiger partial charge in [-0.1, -0.05) is 36.9 Å². The molecule has 4 rings (SSSR count). The highest BCUT2D eigenvalue weighted by Crippen LogP contribution is 2.37. The minimum absolute atomic E-state index is 0.286. The summed E-state index contributed by atoms with van der Waals surface area (Å²) in [6.45, 7) is 4.11. The Kier molecular flexibility index (Phi) is 5.64. The first-order chi connectivity index (χ1) is 15.0. The molecule has 2 N–H and O–H groups in total. The predicted molar refractivity (Wildman–Crippen MR) is 121 cm³/mol. The maximum atomic E-state index is 12.1. The van der Waals surface area contributed by atoms with Crippen LogP contribution in [0.2, 0.25) is 0 Å². The fourth-order valence-corrected chi connectivity index (χ4v) is 4.23. The fourth-order valence-electron chi connectivity index (χ4n) is 3.29. The van der Waals surface area contributed by atoms with E-state index in [1.54, 1.807) is 38.8 Å². The number of primary amides is 1. The number of carbonyl (C=O) groups excluding carboxylic acids is 1. The Morgan fingerprint density at radius 2 is 1.90 bits per heavy atom. The molecule has 0 spiro atoms. The Balaban J connectivity index is 1.72. The Morgan fingerprint density at radius 1 is 1.16 bits per heavy atom. The molecule has 158 valence electrons. The number of ether oxygens (including phenoxy) is 3. The van der Waals surface area contributed by atoms with Gasteiger partial charge in [-0.3, -0.25) is 9.36 Å². The number of benzene rings is 2. The molecule has 0 fully saturated rings. The predicted octanol–water partition coefficient (Wildman–Crippen LogP) is 4.43. The van der Waals surface area contributed by atoms with Crippen molar-refractivity contribution in [2.24, 2.45) is 5.73 Å². The molecule has 0 saturated heterocycles. The van der Waals surface area contributed by atoms with Gasteiger partial charge in [-0.05, 0) is 11.1 Å². The number of fused-ring (bicyclic) bond motifs is 1. The van der Waals surface area contributed by atoms with Crippen LogP contribution >= 0.6 is 11.3 Å². The van der Waals surface area contributed by atoms with Crippen LogP contribution in [0, 0.1) is 0 Å². The summed E-state index contributed by atoms with van der Waals surface area (Å²) in [5.41, 5.74) is 9.09. The number of rotatable bonds is 8.